The number of carbonyl (C=O) groups excluding carboxylic acids is 1. The zero-order valence-corrected chi connectivity index (χ0v) is 16.4. The van der Waals surface area contributed by atoms with E-state index in [1.54, 1.807) is 13.3 Å². The Morgan fingerprint density at radius 2 is 2.04 bits per heavy atom. The Morgan fingerprint density at radius 1 is 1.27 bits per heavy atom. The van der Waals surface area contributed by atoms with Crippen molar-refractivity contribution >= 4 is 11.9 Å². The Hall–Kier alpha value is -2.35. The summed E-state index contributed by atoms with van der Waals surface area (Å²) in [5.41, 5.74) is 0.596. The molecule has 0 saturated heterocycles. The zero-order valence-electron chi connectivity index (χ0n) is 16.4. The highest BCUT2D eigenvalue weighted by Crippen LogP contribution is 2.15. The van der Waals surface area contributed by atoms with Crippen LogP contribution in [0.5, 0.6) is 5.88 Å². The number of aromatic nitrogens is 1. The van der Waals surface area contributed by atoms with Gasteiger partial charge in [0.1, 0.15) is 6.61 Å². The van der Waals surface area contributed by atoms with Crippen molar-refractivity contribution in [2.75, 3.05) is 33.4 Å². The van der Waals surface area contributed by atoms with Crippen LogP contribution in [0, 0.1) is 0 Å². The van der Waals surface area contributed by atoms with Crippen LogP contribution >= 0.6 is 0 Å². The quantitative estimate of drug-likeness (QED) is 0.344. The second-order valence-corrected chi connectivity index (χ2v) is 6.66. The van der Waals surface area contributed by atoms with Crippen LogP contribution in [-0.4, -0.2) is 55.8 Å². The molecule has 1 heterocycles. The summed E-state index contributed by atoms with van der Waals surface area (Å²) in [6.07, 6.45) is 1.68. The summed E-state index contributed by atoms with van der Waals surface area (Å²) in [5.74, 6) is 1.01. The lowest BCUT2D eigenvalue weighted by atomic mass is 10.1. The molecular weight excluding hydrogens is 334 g/mol. The fraction of sp³-hybridized carbons (Fsp3) is 0.611. The first-order chi connectivity index (χ1) is 12.4. The van der Waals surface area contributed by atoms with Crippen molar-refractivity contribution in [3.8, 4) is 5.88 Å². The van der Waals surface area contributed by atoms with E-state index in [0.717, 1.165) is 5.56 Å². The van der Waals surface area contributed by atoms with Crippen molar-refractivity contribution in [2.24, 2.45) is 4.99 Å². The van der Waals surface area contributed by atoms with E-state index in [2.05, 4.69) is 25.9 Å². The summed E-state index contributed by atoms with van der Waals surface area (Å²) in [6.45, 7) is 9.93. The topological polar surface area (TPSA) is 96.9 Å². The van der Waals surface area contributed by atoms with Gasteiger partial charge >= 0.3 is 0 Å². The van der Waals surface area contributed by atoms with E-state index in [1.165, 1.54) is 0 Å². The third-order valence-corrected chi connectivity index (χ3v) is 3.06. The molecule has 0 fully saturated rings. The van der Waals surface area contributed by atoms with Crippen LogP contribution in [0.4, 0.5) is 0 Å². The lowest BCUT2D eigenvalue weighted by Gasteiger charge is -2.21. The molecule has 0 bridgehead atoms. The van der Waals surface area contributed by atoms with Crippen molar-refractivity contribution in [1.82, 2.24) is 20.9 Å². The molecule has 3 N–H and O–H groups in total. The van der Waals surface area contributed by atoms with Gasteiger partial charge in [-0.15, -0.1) is 0 Å². The van der Waals surface area contributed by atoms with Gasteiger partial charge in [-0.3, -0.25) is 4.79 Å². The van der Waals surface area contributed by atoms with E-state index in [9.17, 15) is 4.79 Å². The van der Waals surface area contributed by atoms with E-state index >= 15 is 0 Å². The van der Waals surface area contributed by atoms with Gasteiger partial charge < -0.3 is 25.4 Å². The summed E-state index contributed by atoms with van der Waals surface area (Å²) in [7, 11) is 1.62. The molecule has 0 radical (unpaired) electrons. The Labute approximate surface area is 155 Å². The number of aliphatic imine (C=N–C) groups is 1. The summed E-state index contributed by atoms with van der Waals surface area (Å²) in [5, 5.41) is 9.05. The predicted molar refractivity (Wildman–Crippen MR) is 102 cm³/mol. The minimum absolute atomic E-state index is 0.0898. The smallest absolute Gasteiger partial charge is 0.239 e. The second kappa shape index (κ2) is 11.3. The largest absolute Gasteiger partial charge is 0.475 e. The van der Waals surface area contributed by atoms with Crippen molar-refractivity contribution in [1.29, 1.82) is 0 Å². The van der Waals surface area contributed by atoms with Gasteiger partial charge in [0.15, 0.2) is 5.96 Å². The number of rotatable bonds is 9. The molecule has 0 spiro atoms. The molecule has 0 aliphatic heterocycles. The molecule has 1 aromatic heterocycles. The van der Waals surface area contributed by atoms with E-state index in [0.29, 0.717) is 38.1 Å². The Kier molecular flexibility index (Phi) is 9.43. The summed E-state index contributed by atoms with van der Waals surface area (Å²) in [4.78, 5) is 20.7. The van der Waals surface area contributed by atoms with Crippen LogP contribution < -0.4 is 20.7 Å². The van der Waals surface area contributed by atoms with Crippen molar-refractivity contribution < 1.29 is 14.3 Å². The molecule has 0 aromatic carbocycles. The third kappa shape index (κ3) is 9.22. The van der Waals surface area contributed by atoms with E-state index in [4.69, 9.17) is 9.47 Å². The number of methoxy groups -OCH3 is 1. The molecule has 0 atom stereocenters. The molecule has 8 nitrogen and oxygen atoms in total. The highest BCUT2D eigenvalue weighted by atomic mass is 16.5. The first-order valence-corrected chi connectivity index (χ1v) is 8.74. The van der Waals surface area contributed by atoms with Gasteiger partial charge in [0.05, 0.1) is 19.7 Å². The summed E-state index contributed by atoms with van der Waals surface area (Å²) < 4.78 is 10.6. The fourth-order valence-corrected chi connectivity index (χ4v) is 2.03. The molecule has 0 saturated carbocycles. The maximum absolute atomic E-state index is 11.9. The molecule has 1 amide bonds. The lowest BCUT2D eigenvalue weighted by Crippen LogP contribution is -2.48. The first-order valence-electron chi connectivity index (χ1n) is 8.74. The molecule has 1 aromatic rings. The van der Waals surface area contributed by atoms with Gasteiger partial charge in [0.2, 0.25) is 11.8 Å². The number of hydrogen-bond acceptors (Lipinski definition) is 5. The van der Waals surface area contributed by atoms with Gasteiger partial charge in [0, 0.05) is 31.0 Å². The highest BCUT2D eigenvalue weighted by Gasteiger charge is 2.13. The number of hydrogen-bond donors (Lipinski definition) is 3. The van der Waals surface area contributed by atoms with Crippen molar-refractivity contribution in [3.63, 3.8) is 0 Å². The minimum atomic E-state index is -0.265. The van der Waals surface area contributed by atoms with Gasteiger partial charge in [-0.1, -0.05) is 6.07 Å². The fourth-order valence-electron chi connectivity index (χ4n) is 2.03. The second-order valence-electron chi connectivity index (χ2n) is 6.66. The standard InChI is InChI=1S/C18H31N5O3/c1-6-19-17(22-13-15(24)23-18(2,3)4)21-12-14-8-7-9-20-16(14)26-11-10-25-5/h7-9H,6,10-13H2,1-5H3,(H,23,24)(H2,19,21,22). The molecule has 146 valence electrons. The van der Waals surface area contributed by atoms with Gasteiger partial charge in [-0.2, -0.15) is 0 Å². The van der Waals surface area contributed by atoms with Crippen LogP contribution in [0.25, 0.3) is 0 Å². The highest BCUT2D eigenvalue weighted by molar-refractivity contribution is 5.86. The maximum Gasteiger partial charge on any atom is 0.239 e. The average molecular weight is 365 g/mol. The monoisotopic (exact) mass is 365 g/mol. The predicted octanol–water partition coefficient (Wildman–Crippen LogP) is 1.08. The Balaban J connectivity index is 2.67. The van der Waals surface area contributed by atoms with Crippen molar-refractivity contribution in [3.05, 3.63) is 23.9 Å². The molecule has 0 aliphatic rings. The number of nitrogens with one attached hydrogen (secondary N) is 3. The summed E-state index contributed by atoms with van der Waals surface area (Å²) >= 11 is 0. The normalized spacial score (nSPS) is 11.8. The third-order valence-electron chi connectivity index (χ3n) is 3.06. The van der Waals surface area contributed by atoms with E-state index < -0.39 is 0 Å². The SMILES string of the molecule is CCNC(=NCc1cccnc1OCCOC)NCC(=O)NC(C)(C)C. The minimum Gasteiger partial charge on any atom is -0.475 e. The maximum atomic E-state index is 11.9. The van der Waals surface area contributed by atoms with Crippen LogP contribution in [0.15, 0.2) is 23.3 Å². The lowest BCUT2D eigenvalue weighted by molar-refractivity contribution is -0.121. The number of pyridine rings is 1. The zero-order chi connectivity index (χ0) is 19.4. The van der Waals surface area contributed by atoms with E-state index in [1.807, 2.05) is 39.8 Å². The van der Waals surface area contributed by atoms with Crippen LogP contribution in [0.2, 0.25) is 0 Å². The number of carbonyl (C=O) groups is 1. The first kappa shape index (κ1) is 21.7. The summed E-state index contributed by atoms with van der Waals surface area (Å²) in [6, 6.07) is 3.75. The van der Waals surface area contributed by atoms with Crippen molar-refractivity contribution in [2.45, 2.75) is 39.8 Å². The molecule has 0 unspecified atom stereocenters. The number of guanidine groups is 1. The number of amides is 1. The van der Waals surface area contributed by atoms with E-state index in [-0.39, 0.29) is 18.0 Å². The number of nitrogens with zero attached hydrogens (tertiary/aromatic N) is 2. The molecular formula is C18H31N5O3. The Bertz CT molecular complexity index is 584. The van der Waals surface area contributed by atoms with Gasteiger partial charge in [0.25, 0.3) is 0 Å². The molecule has 26 heavy (non-hydrogen) atoms. The molecule has 1 rings (SSSR count). The Morgan fingerprint density at radius 3 is 2.69 bits per heavy atom. The average Bonchev–Trinajstić information content (AvgIpc) is 2.57. The number of ether oxygens (including phenoxy) is 2. The van der Waals surface area contributed by atoms with Gasteiger partial charge in [-0.05, 0) is 33.8 Å². The molecule has 0 aliphatic carbocycles. The van der Waals surface area contributed by atoms with Crippen LogP contribution in [0.1, 0.15) is 33.3 Å². The molecule has 8 heteroatoms. The van der Waals surface area contributed by atoms with Crippen LogP contribution in [-0.2, 0) is 16.1 Å². The van der Waals surface area contributed by atoms with Gasteiger partial charge in [-0.25, -0.2) is 9.98 Å². The van der Waals surface area contributed by atoms with Crippen LogP contribution in [0.3, 0.4) is 0 Å².